The summed E-state index contributed by atoms with van der Waals surface area (Å²) in [7, 11) is 1.69. The third-order valence-electron chi connectivity index (χ3n) is 5.96. The fourth-order valence-corrected chi connectivity index (χ4v) is 4.21. The third-order valence-corrected chi connectivity index (χ3v) is 5.96. The van der Waals surface area contributed by atoms with Crippen molar-refractivity contribution in [1.29, 1.82) is 0 Å². The van der Waals surface area contributed by atoms with E-state index in [4.69, 9.17) is 4.74 Å². The first kappa shape index (κ1) is 20.7. The molecule has 3 rings (SSSR count). The largest absolute Gasteiger partial charge is 0.493 e. The Bertz CT molecular complexity index is 785. The van der Waals surface area contributed by atoms with Crippen molar-refractivity contribution in [3.05, 3.63) is 53.3 Å². The van der Waals surface area contributed by atoms with Crippen LogP contribution in [0.2, 0.25) is 0 Å². The number of ether oxygens (including phenoxy) is 1. The van der Waals surface area contributed by atoms with Crippen LogP contribution in [0.4, 0.5) is 5.69 Å². The molecule has 0 radical (unpaired) electrons. The van der Waals surface area contributed by atoms with Gasteiger partial charge in [0.2, 0.25) is 0 Å². The zero-order valence-electron chi connectivity index (χ0n) is 17.9. The molecule has 1 fully saturated rings. The summed E-state index contributed by atoms with van der Waals surface area (Å²) in [6.45, 7) is 8.69. The summed E-state index contributed by atoms with van der Waals surface area (Å²) in [6, 6.07) is 11.0. The summed E-state index contributed by atoms with van der Waals surface area (Å²) >= 11 is 0. The van der Waals surface area contributed by atoms with Crippen molar-refractivity contribution in [1.82, 2.24) is 4.98 Å². The minimum Gasteiger partial charge on any atom is -0.493 e. The molecule has 0 saturated heterocycles. The van der Waals surface area contributed by atoms with E-state index < -0.39 is 0 Å². The lowest BCUT2D eigenvalue weighted by Crippen LogP contribution is -2.45. The highest BCUT2D eigenvalue weighted by molar-refractivity contribution is 5.59. The lowest BCUT2D eigenvalue weighted by Gasteiger charge is -2.41. The molecule has 0 spiro atoms. The SMILES string of the molecule is COc1c(NC2(Cc3ccc(C(C)(C)C)cc3)CCC(O)CC2)ccnc1C. The van der Waals surface area contributed by atoms with E-state index >= 15 is 0 Å². The minimum atomic E-state index is -0.195. The molecule has 1 aromatic heterocycles. The predicted octanol–water partition coefficient (Wildman–Crippen LogP) is 5.02. The van der Waals surface area contributed by atoms with Crippen molar-refractivity contribution >= 4 is 5.69 Å². The lowest BCUT2D eigenvalue weighted by atomic mass is 9.76. The molecule has 152 valence electrons. The Morgan fingerprint density at radius 3 is 2.36 bits per heavy atom. The molecule has 28 heavy (non-hydrogen) atoms. The van der Waals surface area contributed by atoms with Crippen molar-refractivity contribution in [3.8, 4) is 5.75 Å². The number of aliphatic hydroxyl groups is 1. The van der Waals surface area contributed by atoms with Crippen molar-refractivity contribution in [2.75, 3.05) is 12.4 Å². The van der Waals surface area contributed by atoms with Gasteiger partial charge in [-0.15, -0.1) is 0 Å². The van der Waals surface area contributed by atoms with Crippen LogP contribution < -0.4 is 10.1 Å². The van der Waals surface area contributed by atoms with Crippen LogP contribution in [0.25, 0.3) is 0 Å². The summed E-state index contributed by atoms with van der Waals surface area (Å²) < 4.78 is 5.61. The van der Waals surface area contributed by atoms with Crippen molar-refractivity contribution in [2.45, 2.75) is 76.9 Å². The molecule has 2 aromatic rings. The number of methoxy groups -OCH3 is 1. The molecule has 1 saturated carbocycles. The summed E-state index contributed by atoms with van der Waals surface area (Å²) in [4.78, 5) is 4.35. The first-order valence-electron chi connectivity index (χ1n) is 10.3. The molecule has 1 aromatic carbocycles. The maximum absolute atomic E-state index is 10.1. The number of rotatable bonds is 5. The van der Waals surface area contributed by atoms with Gasteiger partial charge in [-0.05, 0) is 61.6 Å². The van der Waals surface area contributed by atoms with E-state index in [0.717, 1.165) is 49.2 Å². The standard InChI is InChI=1S/C24H34N2O2/c1-17-22(28-5)21(12-15-25-17)26-24(13-10-20(27)11-14-24)16-18-6-8-19(9-7-18)23(2,3)4/h6-9,12,15,20,27H,10-11,13-14,16H2,1-5H3,(H,25,26). The van der Waals surface area contributed by atoms with Crippen LogP contribution in [0.3, 0.4) is 0 Å². The second kappa shape index (κ2) is 8.12. The molecule has 0 atom stereocenters. The Labute approximate surface area is 169 Å². The molecular weight excluding hydrogens is 348 g/mol. The zero-order chi connectivity index (χ0) is 20.4. The van der Waals surface area contributed by atoms with E-state index in [0.29, 0.717) is 0 Å². The highest BCUT2D eigenvalue weighted by Crippen LogP contribution is 2.38. The van der Waals surface area contributed by atoms with Crippen LogP contribution in [-0.4, -0.2) is 28.8 Å². The second-order valence-corrected chi connectivity index (χ2v) is 9.24. The van der Waals surface area contributed by atoms with Gasteiger partial charge in [0.25, 0.3) is 0 Å². The van der Waals surface area contributed by atoms with Gasteiger partial charge in [-0.2, -0.15) is 0 Å². The average molecular weight is 383 g/mol. The van der Waals surface area contributed by atoms with Crippen LogP contribution >= 0.6 is 0 Å². The number of nitrogens with zero attached hydrogens (tertiary/aromatic N) is 1. The predicted molar refractivity (Wildman–Crippen MR) is 115 cm³/mol. The van der Waals surface area contributed by atoms with Crippen LogP contribution in [-0.2, 0) is 11.8 Å². The normalized spacial score (nSPS) is 22.7. The van der Waals surface area contributed by atoms with Gasteiger partial charge >= 0.3 is 0 Å². The number of nitrogens with one attached hydrogen (secondary N) is 1. The number of aliphatic hydroxyl groups excluding tert-OH is 1. The number of benzene rings is 1. The third kappa shape index (κ3) is 4.67. The number of anilines is 1. The van der Waals surface area contributed by atoms with Crippen LogP contribution in [0, 0.1) is 6.92 Å². The number of aryl methyl sites for hydroxylation is 1. The quantitative estimate of drug-likeness (QED) is 0.762. The highest BCUT2D eigenvalue weighted by atomic mass is 16.5. The van der Waals surface area contributed by atoms with E-state index in [1.165, 1.54) is 11.1 Å². The molecule has 1 aliphatic carbocycles. The Morgan fingerprint density at radius 1 is 1.14 bits per heavy atom. The molecule has 0 amide bonds. The van der Waals surface area contributed by atoms with Gasteiger partial charge in [0.1, 0.15) is 0 Å². The first-order valence-corrected chi connectivity index (χ1v) is 10.3. The van der Waals surface area contributed by atoms with E-state index in [9.17, 15) is 5.11 Å². The van der Waals surface area contributed by atoms with Crippen molar-refractivity contribution in [2.24, 2.45) is 0 Å². The van der Waals surface area contributed by atoms with Gasteiger partial charge in [-0.3, -0.25) is 4.98 Å². The molecular formula is C24H34N2O2. The molecule has 4 nitrogen and oxygen atoms in total. The summed E-state index contributed by atoms with van der Waals surface area (Å²) in [6.07, 6.45) is 6.05. The average Bonchev–Trinajstić information content (AvgIpc) is 2.64. The molecule has 0 bridgehead atoms. The van der Waals surface area contributed by atoms with Gasteiger partial charge < -0.3 is 15.2 Å². The highest BCUT2D eigenvalue weighted by Gasteiger charge is 2.35. The maximum Gasteiger partial charge on any atom is 0.163 e. The molecule has 1 aliphatic rings. The van der Waals surface area contributed by atoms with E-state index in [1.807, 2.05) is 19.2 Å². The second-order valence-electron chi connectivity index (χ2n) is 9.24. The Balaban J connectivity index is 1.88. The summed E-state index contributed by atoms with van der Waals surface area (Å²) in [5.74, 6) is 0.802. The molecule has 0 aliphatic heterocycles. The Morgan fingerprint density at radius 2 is 1.79 bits per heavy atom. The van der Waals surface area contributed by atoms with Gasteiger partial charge in [0, 0.05) is 11.7 Å². The van der Waals surface area contributed by atoms with Crippen LogP contribution in [0.1, 0.15) is 63.3 Å². The molecule has 0 unspecified atom stereocenters. The number of hydrogen-bond donors (Lipinski definition) is 2. The maximum atomic E-state index is 10.1. The smallest absolute Gasteiger partial charge is 0.163 e. The zero-order valence-corrected chi connectivity index (χ0v) is 17.9. The van der Waals surface area contributed by atoms with E-state index in [2.05, 4.69) is 55.3 Å². The molecule has 1 heterocycles. The van der Waals surface area contributed by atoms with Gasteiger partial charge in [0.05, 0.1) is 24.6 Å². The Kier molecular flexibility index (Phi) is 5.99. The minimum absolute atomic E-state index is 0.0937. The van der Waals surface area contributed by atoms with Gasteiger partial charge in [-0.1, -0.05) is 45.0 Å². The topological polar surface area (TPSA) is 54.4 Å². The fourth-order valence-electron chi connectivity index (χ4n) is 4.21. The van der Waals surface area contributed by atoms with Crippen LogP contribution in [0.5, 0.6) is 5.75 Å². The number of aromatic nitrogens is 1. The monoisotopic (exact) mass is 382 g/mol. The molecule has 2 N–H and O–H groups in total. The van der Waals surface area contributed by atoms with Gasteiger partial charge in [-0.25, -0.2) is 0 Å². The molecule has 4 heteroatoms. The van der Waals surface area contributed by atoms with E-state index in [1.54, 1.807) is 7.11 Å². The fraction of sp³-hybridized carbons (Fsp3) is 0.542. The van der Waals surface area contributed by atoms with E-state index in [-0.39, 0.29) is 17.1 Å². The van der Waals surface area contributed by atoms with Crippen LogP contribution in [0.15, 0.2) is 36.5 Å². The van der Waals surface area contributed by atoms with Crippen molar-refractivity contribution in [3.63, 3.8) is 0 Å². The summed E-state index contributed by atoms with van der Waals surface area (Å²) in [5.41, 5.74) is 4.60. The number of hydrogen-bond acceptors (Lipinski definition) is 4. The first-order chi connectivity index (χ1) is 13.2. The Hall–Kier alpha value is -2.07. The number of pyridine rings is 1. The lowest BCUT2D eigenvalue weighted by molar-refractivity contribution is 0.103. The van der Waals surface area contributed by atoms with Gasteiger partial charge in [0.15, 0.2) is 5.75 Å². The van der Waals surface area contributed by atoms with Crippen molar-refractivity contribution < 1.29 is 9.84 Å². The summed E-state index contributed by atoms with van der Waals surface area (Å²) in [5, 5.41) is 13.9.